The minimum absolute atomic E-state index is 0.349. The normalized spacial score (nSPS) is 31.1. The molecular weight excluding hydrogens is 218 g/mol. The molecule has 0 amide bonds. The highest BCUT2D eigenvalue weighted by Gasteiger charge is 2.27. The molecule has 0 bridgehead atoms. The molecule has 2 rings (SSSR count). The first-order valence-electron chi connectivity index (χ1n) is 5.47. The van der Waals surface area contributed by atoms with E-state index in [0.29, 0.717) is 6.42 Å². The van der Waals surface area contributed by atoms with Crippen LogP contribution in [0.2, 0.25) is 0 Å². The van der Waals surface area contributed by atoms with Gasteiger partial charge in [0.2, 0.25) is 0 Å². The van der Waals surface area contributed by atoms with E-state index in [2.05, 4.69) is 9.73 Å². The smallest absolute Gasteiger partial charge is 0.330 e. The zero-order valence-electron chi connectivity index (χ0n) is 9.88. The van der Waals surface area contributed by atoms with Crippen molar-refractivity contribution in [3.05, 3.63) is 35.5 Å². The van der Waals surface area contributed by atoms with Gasteiger partial charge >= 0.3 is 5.97 Å². The number of aliphatic imine (C=N–C) groups is 1. The third-order valence-electron chi connectivity index (χ3n) is 2.83. The second-order valence-electron chi connectivity index (χ2n) is 4.40. The Morgan fingerprint density at radius 1 is 1.65 bits per heavy atom. The fraction of sp³-hybridized carbons (Fsp3) is 0.385. The topological polar surface area (TPSA) is 58.9 Å². The maximum absolute atomic E-state index is 11.4. The Morgan fingerprint density at radius 3 is 3.12 bits per heavy atom. The van der Waals surface area contributed by atoms with Crippen LogP contribution in [0.5, 0.6) is 0 Å². The first-order valence-corrected chi connectivity index (χ1v) is 5.47. The summed E-state index contributed by atoms with van der Waals surface area (Å²) in [6.45, 7) is 1.70. The van der Waals surface area contributed by atoms with Gasteiger partial charge in [-0.25, -0.2) is 4.79 Å². The van der Waals surface area contributed by atoms with Crippen molar-refractivity contribution in [3.8, 4) is 0 Å². The Balaban J connectivity index is 2.32. The average molecular weight is 233 g/mol. The van der Waals surface area contributed by atoms with Gasteiger partial charge in [-0.05, 0) is 30.2 Å². The molecule has 0 fully saturated rings. The number of methoxy groups -OCH3 is 1. The quantitative estimate of drug-likeness (QED) is 0.692. The molecule has 0 aromatic rings. The van der Waals surface area contributed by atoms with Gasteiger partial charge in [-0.15, -0.1) is 0 Å². The van der Waals surface area contributed by atoms with Gasteiger partial charge < -0.3 is 9.84 Å². The highest BCUT2D eigenvalue weighted by molar-refractivity contribution is 5.91. The number of ether oxygens (including phenoxy) is 1. The monoisotopic (exact) mass is 233 g/mol. The van der Waals surface area contributed by atoms with Crippen LogP contribution in [0.25, 0.3) is 0 Å². The number of hydrogen-bond acceptors (Lipinski definition) is 4. The van der Waals surface area contributed by atoms with Crippen LogP contribution in [0.3, 0.4) is 0 Å². The Labute approximate surface area is 100 Å². The first-order chi connectivity index (χ1) is 8.02. The van der Waals surface area contributed by atoms with Crippen molar-refractivity contribution >= 4 is 12.2 Å². The summed E-state index contributed by atoms with van der Waals surface area (Å²) in [5.41, 5.74) is 0.865. The number of carbonyl (C=O) groups excluding carboxylic acids is 1. The fourth-order valence-corrected chi connectivity index (χ4v) is 1.95. The number of esters is 1. The summed E-state index contributed by atoms with van der Waals surface area (Å²) >= 11 is 0. The molecule has 17 heavy (non-hydrogen) atoms. The van der Waals surface area contributed by atoms with Gasteiger partial charge in [0.05, 0.1) is 12.7 Å². The van der Waals surface area contributed by atoms with Crippen molar-refractivity contribution in [2.24, 2.45) is 4.99 Å². The van der Waals surface area contributed by atoms with Gasteiger partial charge in [-0.2, -0.15) is 0 Å². The van der Waals surface area contributed by atoms with Gasteiger partial charge in [0.25, 0.3) is 0 Å². The highest BCUT2D eigenvalue weighted by Crippen LogP contribution is 2.27. The summed E-state index contributed by atoms with van der Waals surface area (Å²) in [6, 6.07) is -0.503. The zero-order chi connectivity index (χ0) is 12.5. The van der Waals surface area contributed by atoms with Gasteiger partial charge in [-0.1, -0.05) is 12.2 Å². The number of aliphatic hydroxyl groups is 1. The molecule has 1 heterocycles. The summed E-state index contributed by atoms with van der Waals surface area (Å²) in [5, 5.41) is 10.0. The van der Waals surface area contributed by atoms with Crippen molar-refractivity contribution in [1.82, 2.24) is 0 Å². The molecule has 1 aliphatic heterocycles. The summed E-state index contributed by atoms with van der Waals surface area (Å²) in [7, 11) is 1.35. The second kappa shape index (κ2) is 4.30. The van der Waals surface area contributed by atoms with Gasteiger partial charge in [-0.3, -0.25) is 4.99 Å². The van der Waals surface area contributed by atoms with E-state index in [9.17, 15) is 9.90 Å². The number of hydrogen-bond donors (Lipinski definition) is 1. The van der Waals surface area contributed by atoms with Crippen molar-refractivity contribution in [2.75, 3.05) is 7.11 Å². The van der Waals surface area contributed by atoms with Gasteiger partial charge in [0.1, 0.15) is 0 Å². The van der Waals surface area contributed by atoms with Crippen LogP contribution >= 0.6 is 0 Å². The predicted octanol–water partition coefficient (Wildman–Crippen LogP) is 1.18. The lowest BCUT2D eigenvalue weighted by Crippen LogP contribution is -2.26. The molecule has 0 aromatic heterocycles. The molecule has 4 nitrogen and oxygen atoms in total. The number of allylic oxidation sites excluding steroid dienone is 3. The molecule has 2 unspecified atom stereocenters. The molecule has 2 atom stereocenters. The van der Waals surface area contributed by atoms with E-state index in [1.165, 1.54) is 7.11 Å². The SMILES string of the molecule is COC(=O)C1CC2=CC(C)(O)C=CC=C2C=N1. The molecule has 1 N–H and O–H groups in total. The third kappa shape index (κ3) is 2.53. The molecule has 0 spiro atoms. The number of rotatable bonds is 1. The lowest BCUT2D eigenvalue weighted by molar-refractivity contribution is -0.142. The van der Waals surface area contributed by atoms with E-state index in [4.69, 9.17) is 0 Å². The maximum Gasteiger partial charge on any atom is 0.330 e. The second-order valence-corrected chi connectivity index (χ2v) is 4.40. The Morgan fingerprint density at radius 2 is 2.41 bits per heavy atom. The number of fused-ring (bicyclic) bond motifs is 1. The summed E-state index contributed by atoms with van der Waals surface area (Å²) in [4.78, 5) is 15.6. The molecule has 0 saturated carbocycles. The predicted molar refractivity (Wildman–Crippen MR) is 64.8 cm³/mol. The molecule has 4 heteroatoms. The fourth-order valence-electron chi connectivity index (χ4n) is 1.95. The Kier molecular flexibility index (Phi) is 2.98. The van der Waals surface area contributed by atoms with Crippen molar-refractivity contribution in [3.63, 3.8) is 0 Å². The first kappa shape index (κ1) is 11.8. The highest BCUT2D eigenvalue weighted by atomic mass is 16.5. The Bertz CT molecular complexity index is 455. The average Bonchev–Trinajstić information content (AvgIpc) is 2.43. The number of nitrogens with zero attached hydrogens (tertiary/aromatic N) is 1. The summed E-state index contributed by atoms with van der Waals surface area (Å²) in [6.07, 6.45) is 9.25. The third-order valence-corrected chi connectivity index (χ3v) is 2.83. The van der Waals surface area contributed by atoms with E-state index in [1.54, 1.807) is 31.4 Å². The summed E-state index contributed by atoms with van der Waals surface area (Å²) < 4.78 is 4.68. The van der Waals surface area contributed by atoms with Crippen LogP contribution in [-0.4, -0.2) is 36.0 Å². The molecule has 0 radical (unpaired) electrons. The molecule has 0 aromatic carbocycles. The van der Waals surface area contributed by atoms with Gasteiger partial charge in [0, 0.05) is 12.6 Å². The zero-order valence-corrected chi connectivity index (χ0v) is 9.88. The summed E-state index contributed by atoms with van der Waals surface area (Å²) in [5.74, 6) is -0.349. The number of carbonyl (C=O) groups is 1. The molecule has 0 saturated heterocycles. The molecule has 90 valence electrons. The molecule has 1 aliphatic carbocycles. The van der Waals surface area contributed by atoms with E-state index in [1.807, 2.05) is 6.08 Å². The van der Waals surface area contributed by atoms with Crippen LogP contribution < -0.4 is 0 Å². The van der Waals surface area contributed by atoms with Crippen LogP contribution in [0.1, 0.15) is 13.3 Å². The lowest BCUT2D eigenvalue weighted by Gasteiger charge is -2.21. The standard InChI is InChI=1S/C13H15NO3/c1-13(16)5-3-4-9-8-14-11(12(15)17-2)6-10(9)7-13/h3-5,7-8,11,16H,6H2,1-2H3. The van der Waals surface area contributed by atoms with E-state index in [-0.39, 0.29) is 5.97 Å². The molecular formula is C13H15NO3. The van der Waals surface area contributed by atoms with Crippen molar-refractivity contribution in [1.29, 1.82) is 0 Å². The maximum atomic E-state index is 11.4. The minimum atomic E-state index is -0.987. The Hall–Kier alpha value is -1.68. The van der Waals surface area contributed by atoms with Crippen LogP contribution in [0.15, 0.2) is 40.4 Å². The largest absolute Gasteiger partial charge is 0.467 e. The lowest BCUT2D eigenvalue weighted by atomic mass is 9.93. The van der Waals surface area contributed by atoms with Gasteiger partial charge in [0.15, 0.2) is 6.04 Å². The van der Waals surface area contributed by atoms with E-state index in [0.717, 1.165) is 11.1 Å². The van der Waals surface area contributed by atoms with Crippen LogP contribution in [-0.2, 0) is 9.53 Å². The van der Waals surface area contributed by atoms with Crippen molar-refractivity contribution in [2.45, 2.75) is 25.0 Å². The molecule has 2 aliphatic rings. The van der Waals surface area contributed by atoms with E-state index < -0.39 is 11.6 Å². The van der Waals surface area contributed by atoms with Crippen molar-refractivity contribution < 1.29 is 14.6 Å². The van der Waals surface area contributed by atoms with Crippen LogP contribution in [0.4, 0.5) is 0 Å². The minimum Gasteiger partial charge on any atom is -0.467 e. The van der Waals surface area contributed by atoms with Crippen LogP contribution in [0, 0.1) is 0 Å². The van der Waals surface area contributed by atoms with E-state index >= 15 is 0 Å².